The predicted octanol–water partition coefficient (Wildman–Crippen LogP) is 2.72. The van der Waals surface area contributed by atoms with E-state index in [-0.39, 0.29) is 6.61 Å². The standard InChI is InChI=1S/C14H17NO2/c1-11-4-3-5-12(8-11)15(2)9-13-6-7-14(10-16)17-13/h3-8,16H,9-10H2,1-2H3. The highest BCUT2D eigenvalue weighted by atomic mass is 16.4. The minimum absolute atomic E-state index is 0.0475. The Bertz CT molecular complexity index is 490. The summed E-state index contributed by atoms with van der Waals surface area (Å²) in [7, 11) is 2.02. The maximum absolute atomic E-state index is 8.93. The summed E-state index contributed by atoms with van der Waals surface area (Å²) in [5, 5.41) is 8.93. The second-order valence-electron chi connectivity index (χ2n) is 4.22. The molecule has 3 heteroatoms. The van der Waals surface area contributed by atoms with Gasteiger partial charge in [0.25, 0.3) is 0 Å². The van der Waals surface area contributed by atoms with Crippen molar-refractivity contribution < 1.29 is 9.52 Å². The molecular weight excluding hydrogens is 214 g/mol. The summed E-state index contributed by atoms with van der Waals surface area (Å²) in [5.74, 6) is 1.47. The molecule has 2 rings (SSSR count). The van der Waals surface area contributed by atoms with Gasteiger partial charge in [0, 0.05) is 12.7 Å². The van der Waals surface area contributed by atoms with E-state index in [2.05, 4.69) is 30.0 Å². The van der Waals surface area contributed by atoms with Crippen LogP contribution in [0.25, 0.3) is 0 Å². The molecule has 0 spiro atoms. The van der Waals surface area contributed by atoms with Crippen molar-refractivity contribution in [2.75, 3.05) is 11.9 Å². The molecule has 2 aromatic rings. The van der Waals surface area contributed by atoms with Gasteiger partial charge in [0.1, 0.15) is 18.1 Å². The third kappa shape index (κ3) is 2.88. The van der Waals surface area contributed by atoms with Gasteiger partial charge >= 0.3 is 0 Å². The van der Waals surface area contributed by atoms with Crippen molar-refractivity contribution in [1.82, 2.24) is 0 Å². The molecule has 0 bridgehead atoms. The van der Waals surface area contributed by atoms with Crippen LogP contribution in [-0.2, 0) is 13.2 Å². The van der Waals surface area contributed by atoms with Crippen molar-refractivity contribution >= 4 is 5.69 Å². The Kier molecular flexibility index (Phi) is 3.49. The van der Waals surface area contributed by atoms with Crippen LogP contribution >= 0.6 is 0 Å². The zero-order valence-electron chi connectivity index (χ0n) is 10.2. The van der Waals surface area contributed by atoms with Gasteiger partial charge in [-0.25, -0.2) is 0 Å². The number of furan rings is 1. The molecule has 0 aliphatic rings. The zero-order chi connectivity index (χ0) is 12.3. The van der Waals surface area contributed by atoms with Gasteiger partial charge in [-0.05, 0) is 36.8 Å². The fourth-order valence-electron chi connectivity index (χ4n) is 1.78. The number of rotatable bonds is 4. The normalized spacial score (nSPS) is 10.5. The summed E-state index contributed by atoms with van der Waals surface area (Å²) in [6, 6.07) is 12.0. The molecule has 17 heavy (non-hydrogen) atoms. The molecule has 1 N–H and O–H groups in total. The van der Waals surface area contributed by atoms with E-state index in [1.165, 1.54) is 5.56 Å². The molecule has 0 saturated carbocycles. The Balaban J connectivity index is 2.08. The number of aliphatic hydroxyl groups excluding tert-OH is 1. The van der Waals surface area contributed by atoms with Crippen molar-refractivity contribution in [3.05, 3.63) is 53.5 Å². The summed E-state index contributed by atoms with van der Waals surface area (Å²) in [5.41, 5.74) is 2.40. The molecule has 3 nitrogen and oxygen atoms in total. The molecule has 0 fully saturated rings. The largest absolute Gasteiger partial charge is 0.462 e. The van der Waals surface area contributed by atoms with Crippen LogP contribution in [0.5, 0.6) is 0 Å². The van der Waals surface area contributed by atoms with Gasteiger partial charge in [-0.3, -0.25) is 0 Å². The highest BCUT2D eigenvalue weighted by molar-refractivity contribution is 5.47. The number of nitrogens with zero attached hydrogens (tertiary/aromatic N) is 1. The molecule has 0 aliphatic heterocycles. The van der Waals surface area contributed by atoms with Crippen LogP contribution in [-0.4, -0.2) is 12.2 Å². The van der Waals surface area contributed by atoms with E-state index in [1.54, 1.807) is 6.07 Å². The maximum atomic E-state index is 8.93. The molecule has 1 aromatic carbocycles. The highest BCUT2D eigenvalue weighted by Gasteiger charge is 2.06. The van der Waals surface area contributed by atoms with Gasteiger partial charge in [-0.2, -0.15) is 0 Å². The second kappa shape index (κ2) is 5.06. The zero-order valence-corrected chi connectivity index (χ0v) is 10.2. The molecule has 0 saturated heterocycles. The molecule has 0 unspecified atom stereocenters. The lowest BCUT2D eigenvalue weighted by Gasteiger charge is -2.18. The molecule has 1 heterocycles. The lowest BCUT2D eigenvalue weighted by molar-refractivity contribution is 0.243. The Labute approximate surface area is 101 Å². The van der Waals surface area contributed by atoms with Crippen LogP contribution in [0, 0.1) is 6.92 Å². The quantitative estimate of drug-likeness (QED) is 0.879. The van der Waals surface area contributed by atoms with Crippen molar-refractivity contribution in [3.63, 3.8) is 0 Å². The number of anilines is 1. The van der Waals surface area contributed by atoms with Crippen LogP contribution in [0.3, 0.4) is 0 Å². The molecule has 0 aliphatic carbocycles. The third-order valence-corrected chi connectivity index (χ3v) is 2.71. The summed E-state index contributed by atoms with van der Waals surface area (Å²) >= 11 is 0. The van der Waals surface area contributed by atoms with Crippen molar-refractivity contribution in [1.29, 1.82) is 0 Å². The second-order valence-corrected chi connectivity index (χ2v) is 4.22. The van der Waals surface area contributed by atoms with Crippen LogP contribution in [0.15, 0.2) is 40.8 Å². The molecule has 0 radical (unpaired) electrons. The Hall–Kier alpha value is -1.74. The van der Waals surface area contributed by atoms with E-state index < -0.39 is 0 Å². The number of hydrogen-bond donors (Lipinski definition) is 1. The van der Waals surface area contributed by atoms with E-state index in [9.17, 15) is 0 Å². The predicted molar refractivity (Wildman–Crippen MR) is 67.9 cm³/mol. The number of benzene rings is 1. The first-order valence-electron chi connectivity index (χ1n) is 5.65. The molecule has 1 aromatic heterocycles. The number of aliphatic hydroxyl groups is 1. The minimum Gasteiger partial charge on any atom is -0.462 e. The summed E-state index contributed by atoms with van der Waals surface area (Å²) in [6.07, 6.45) is 0. The molecule has 0 atom stereocenters. The van der Waals surface area contributed by atoms with Crippen molar-refractivity contribution in [2.24, 2.45) is 0 Å². The average molecular weight is 231 g/mol. The number of hydrogen-bond acceptors (Lipinski definition) is 3. The van der Waals surface area contributed by atoms with Gasteiger partial charge in [-0.15, -0.1) is 0 Å². The summed E-state index contributed by atoms with van der Waals surface area (Å²) in [4.78, 5) is 2.12. The first-order chi connectivity index (χ1) is 8.19. The average Bonchev–Trinajstić information content (AvgIpc) is 2.77. The lowest BCUT2D eigenvalue weighted by atomic mass is 10.2. The monoisotopic (exact) mass is 231 g/mol. The molecule has 90 valence electrons. The van der Waals surface area contributed by atoms with Crippen LogP contribution in [0.2, 0.25) is 0 Å². The van der Waals surface area contributed by atoms with Crippen molar-refractivity contribution in [2.45, 2.75) is 20.1 Å². The Morgan fingerprint density at radius 2 is 1.94 bits per heavy atom. The minimum atomic E-state index is -0.0475. The number of aryl methyl sites for hydroxylation is 1. The lowest BCUT2D eigenvalue weighted by Crippen LogP contribution is -2.15. The van der Waals surface area contributed by atoms with E-state index in [4.69, 9.17) is 9.52 Å². The highest BCUT2D eigenvalue weighted by Crippen LogP contribution is 2.18. The van der Waals surface area contributed by atoms with E-state index >= 15 is 0 Å². The van der Waals surface area contributed by atoms with Crippen molar-refractivity contribution in [3.8, 4) is 0 Å². The van der Waals surface area contributed by atoms with Gasteiger partial charge < -0.3 is 14.4 Å². The first-order valence-corrected chi connectivity index (χ1v) is 5.65. The fourth-order valence-corrected chi connectivity index (χ4v) is 1.78. The van der Waals surface area contributed by atoms with Gasteiger partial charge in [0.05, 0.1) is 6.54 Å². The van der Waals surface area contributed by atoms with E-state index in [0.29, 0.717) is 12.3 Å². The van der Waals surface area contributed by atoms with Gasteiger partial charge in [0.15, 0.2) is 0 Å². The molecular formula is C14H17NO2. The smallest absolute Gasteiger partial charge is 0.129 e. The van der Waals surface area contributed by atoms with Crippen LogP contribution in [0.4, 0.5) is 5.69 Å². The topological polar surface area (TPSA) is 36.6 Å². The first kappa shape index (κ1) is 11.7. The van der Waals surface area contributed by atoms with Gasteiger partial charge in [0.2, 0.25) is 0 Å². The third-order valence-electron chi connectivity index (χ3n) is 2.71. The Morgan fingerprint density at radius 3 is 2.59 bits per heavy atom. The molecule has 0 amide bonds. The fraction of sp³-hybridized carbons (Fsp3) is 0.286. The van der Waals surface area contributed by atoms with E-state index in [0.717, 1.165) is 11.4 Å². The van der Waals surface area contributed by atoms with E-state index in [1.807, 2.05) is 19.2 Å². The maximum Gasteiger partial charge on any atom is 0.129 e. The SMILES string of the molecule is Cc1cccc(N(C)Cc2ccc(CO)o2)c1. The Morgan fingerprint density at radius 1 is 1.18 bits per heavy atom. The van der Waals surface area contributed by atoms with Gasteiger partial charge in [-0.1, -0.05) is 12.1 Å². The summed E-state index contributed by atoms with van der Waals surface area (Å²) < 4.78 is 5.46. The van der Waals surface area contributed by atoms with Crippen LogP contribution in [0.1, 0.15) is 17.1 Å². The van der Waals surface area contributed by atoms with Crippen LogP contribution < -0.4 is 4.90 Å². The summed E-state index contributed by atoms with van der Waals surface area (Å²) in [6.45, 7) is 2.73.